The Kier molecular flexibility index (Phi) is 10.4. The van der Waals surface area contributed by atoms with E-state index in [9.17, 15) is 14.7 Å². The molecule has 1 aliphatic carbocycles. The summed E-state index contributed by atoms with van der Waals surface area (Å²) in [5, 5.41) is 18.5. The van der Waals surface area contributed by atoms with Gasteiger partial charge >= 0.3 is 0 Å². The normalized spacial score (nSPS) is 17.7. The Morgan fingerprint density at radius 1 is 0.920 bits per heavy atom. The first-order chi connectivity index (χ1) is 24.5. The van der Waals surface area contributed by atoms with Gasteiger partial charge in [0.1, 0.15) is 29.0 Å². The number of ether oxygens (including phenoxy) is 2. The van der Waals surface area contributed by atoms with E-state index in [1.165, 1.54) is 0 Å². The number of carbonyl (C=O) groups is 2. The van der Waals surface area contributed by atoms with Crippen molar-refractivity contribution < 1.29 is 33.0 Å². The number of aliphatic hydroxyl groups excluding tert-OH is 1. The van der Waals surface area contributed by atoms with Gasteiger partial charge in [-0.1, -0.05) is 61.7 Å². The van der Waals surface area contributed by atoms with Gasteiger partial charge in [0.2, 0.25) is 11.8 Å². The molecule has 2 fully saturated rings. The highest BCUT2D eigenvalue weighted by Gasteiger charge is 2.43. The van der Waals surface area contributed by atoms with Gasteiger partial charge < -0.3 is 34.0 Å². The van der Waals surface area contributed by atoms with E-state index in [2.05, 4.69) is 20.5 Å². The Labute approximate surface area is 290 Å². The summed E-state index contributed by atoms with van der Waals surface area (Å²) in [7, 11) is 0. The van der Waals surface area contributed by atoms with Crippen molar-refractivity contribution in [3.05, 3.63) is 96.1 Å². The maximum Gasteiger partial charge on any atom is 0.287 e. The third-order valence-electron chi connectivity index (χ3n) is 9.83. The highest BCUT2D eigenvalue weighted by atomic mass is 16.5. The molecule has 50 heavy (non-hydrogen) atoms. The highest BCUT2D eigenvalue weighted by molar-refractivity contribution is 6.00. The molecule has 2 atom stereocenters. The van der Waals surface area contributed by atoms with Crippen LogP contribution >= 0.6 is 0 Å². The number of nitrogens with zero attached hydrogens (tertiary/aromatic N) is 2. The van der Waals surface area contributed by atoms with E-state index in [0.29, 0.717) is 54.7 Å². The van der Waals surface area contributed by atoms with E-state index in [-0.39, 0.29) is 17.6 Å². The Hall–Kier alpha value is -4.71. The summed E-state index contributed by atoms with van der Waals surface area (Å²) >= 11 is 0. The van der Waals surface area contributed by atoms with Gasteiger partial charge in [-0.3, -0.25) is 14.5 Å². The minimum atomic E-state index is -1.20. The summed E-state index contributed by atoms with van der Waals surface area (Å²) in [6.07, 6.45) is 3.30. The first-order valence-corrected chi connectivity index (χ1v) is 17.6. The number of carbonyl (C=O) groups excluding carboxylic acids is 2. The van der Waals surface area contributed by atoms with Crippen LogP contribution < -0.4 is 15.4 Å². The van der Waals surface area contributed by atoms with E-state index >= 15 is 0 Å². The molecule has 2 aromatic heterocycles. The summed E-state index contributed by atoms with van der Waals surface area (Å²) < 4.78 is 23.3. The Morgan fingerprint density at radius 3 is 2.50 bits per heavy atom. The van der Waals surface area contributed by atoms with E-state index in [0.717, 1.165) is 63.1 Å². The number of fused-ring (bicyclic) bond motifs is 2. The molecule has 0 spiro atoms. The number of nitrogens with one attached hydrogen (secondary N) is 2. The van der Waals surface area contributed by atoms with Crippen LogP contribution in [0.5, 0.6) is 5.75 Å². The van der Waals surface area contributed by atoms with Crippen molar-refractivity contribution in [2.24, 2.45) is 0 Å². The van der Waals surface area contributed by atoms with Gasteiger partial charge in [0, 0.05) is 25.0 Å². The number of morpholine rings is 1. The molecular weight excluding hydrogens is 636 g/mol. The number of aliphatic hydroxyl groups is 1. The standard InChI is InChI=1S/C39H44N4O7/c44-35(37-40-30-11-5-6-12-33(30)50-37)31(15-13-27-9-3-1-4-10-27)41-38(46)39(17-7-2-8-18-39)42-36(45)34-26-28-25-29(14-16-32(28)49-34)48-24-21-43-19-22-47-23-20-43/h1,3-6,9-12,14,16,25-26,31,35,44H,2,7-8,13,15,17-24H2,(H,41,46)(H,42,45)/t31-,35?/m0/s1. The molecule has 11 heteroatoms. The fourth-order valence-electron chi connectivity index (χ4n) is 6.95. The van der Waals surface area contributed by atoms with Gasteiger partial charge in [0.15, 0.2) is 17.4 Å². The first kappa shape index (κ1) is 33.8. The molecule has 262 valence electrons. The van der Waals surface area contributed by atoms with Crippen LogP contribution in [0.4, 0.5) is 0 Å². The lowest BCUT2D eigenvalue weighted by atomic mass is 9.80. The largest absolute Gasteiger partial charge is 0.492 e. The fraction of sp³-hybridized carbons (Fsp3) is 0.410. The lowest BCUT2D eigenvalue weighted by Gasteiger charge is -2.38. The third kappa shape index (κ3) is 7.85. The van der Waals surface area contributed by atoms with Gasteiger partial charge in [-0.05, 0) is 67.6 Å². The second-order valence-electron chi connectivity index (χ2n) is 13.3. The smallest absolute Gasteiger partial charge is 0.287 e. The Bertz CT molecular complexity index is 1860. The van der Waals surface area contributed by atoms with Crippen molar-refractivity contribution in [1.29, 1.82) is 0 Å². The van der Waals surface area contributed by atoms with Crippen molar-refractivity contribution in [2.45, 2.75) is 62.6 Å². The minimum Gasteiger partial charge on any atom is -0.492 e. The minimum absolute atomic E-state index is 0.121. The van der Waals surface area contributed by atoms with Gasteiger partial charge in [0.25, 0.3) is 5.91 Å². The van der Waals surface area contributed by atoms with Crippen LogP contribution in [0.2, 0.25) is 0 Å². The molecule has 1 saturated heterocycles. The SMILES string of the molecule is O=C(NC1(C(=O)N[C@@H](CCc2ccccc2)C(O)c2nc3ccccc3o2)CCCCC1)c1cc2cc(OCCN3CCOCC3)ccc2o1. The topological polar surface area (TPSA) is 139 Å². The predicted molar refractivity (Wildman–Crippen MR) is 188 cm³/mol. The molecule has 5 aromatic rings. The molecule has 2 amide bonds. The maximum absolute atomic E-state index is 14.3. The number of aryl methyl sites for hydroxylation is 1. The average molecular weight is 681 g/mol. The molecule has 2 aliphatic rings. The highest BCUT2D eigenvalue weighted by Crippen LogP contribution is 2.32. The quantitative estimate of drug-likeness (QED) is 0.146. The lowest BCUT2D eigenvalue weighted by molar-refractivity contribution is -0.130. The molecular formula is C39H44N4O7. The summed E-state index contributed by atoms with van der Waals surface area (Å²) in [6.45, 7) is 4.63. The number of amides is 2. The van der Waals surface area contributed by atoms with Crippen molar-refractivity contribution >= 4 is 33.9 Å². The van der Waals surface area contributed by atoms with Gasteiger partial charge in [-0.25, -0.2) is 4.98 Å². The number of furan rings is 1. The molecule has 1 aliphatic heterocycles. The number of hydrogen-bond acceptors (Lipinski definition) is 9. The molecule has 0 bridgehead atoms. The molecule has 0 radical (unpaired) electrons. The number of hydrogen-bond donors (Lipinski definition) is 3. The van der Waals surface area contributed by atoms with E-state index < -0.39 is 23.6 Å². The Morgan fingerprint density at radius 2 is 1.70 bits per heavy atom. The van der Waals surface area contributed by atoms with Crippen molar-refractivity contribution in [1.82, 2.24) is 20.5 Å². The average Bonchev–Trinajstić information content (AvgIpc) is 3.79. The van der Waals surface area contributed by atoms with Crippen molar-refractivity contribution in [3.8, 4) is 5.75 Å². The summed E-state index contributed by atoms with van der Waals surface area (Å²) in [6, 6.07) is 23.7. The van der Waals surface area contributed by atoms with Gasteiger partial charge in [0.05, 0.1) is 19.3 Å². The second kappa shape index (κ2) is 15.5. The number of aromatic nitrogens is 1. The summed E-state index contributed by atoms with van der Waals surface area (Å²) in [5.74, 6) is 0.147. The van der Waals surface area contributed by atoms with E-state index in [4.69, 9.17) is 18.3 Å². The molecule has 3 heterocycles. The van der Waals surface area contributed by atoms with Crippen LogP contribution in [0.3, 0.4) is 0 Å². The van der Waals surface area contributed by atoms with Gasteiger partial charge in [-0.2, -0.15) is 0 Å². The van der Waals surface area contributed by atoms with Crippen LogP contribution in [-0.2, 0) is 16.0 Å². The maximum atomic E-state index is 14.3. The summed E-state index contributed by atoms with van der Waals surface area (Å²) in [5.41, 5.74) is 1.65. The number of oxazole rings is 1. The van der Waals surface area contributed by atoms with Crippen LogP contribution in [0.15, 0.2) is 87.7 Å². The third-order valence-corrected chi connectivity index (χ3v) is 9.83. The van der Waals surface area contributed by atoms with Crippen LogP contribution in [0.25, 0.3) is 22.1 Å². The van der Waals surface area contributed by atoms with Crippen LogP contribution in [0, 0.1) is 0 Å². The fourth-order valence-corrected chi connectivity index (χ4v) is 6.95. The van der Waals surface area contributed by atoms with Crippen molar-refractivity contribution in [2.75, 3.05) is 39.5 Å². The van der Waals surface area contributed by atoms with E-state index in [1.54, 1.807) is 18.2 Å². The zero-order valence-electron chi connectivity index (χ0n) is 28.1. The number of benzene rings is 3. The van der Waals surface area contributed by atoms with Gasteiger partial charge in [-0.15, -0.1) is 0 Å². The van der Waals surface area contributed by atoms with Crippen molar-refractivity contribution in [3.63, 3.8) is 0 Å². The summed E-state index contributed by atoms with van der Waals surface area (Å²) in [4.78, 5) is 34.9. The number of rotatable bonds is 13. The predicted octanol–water partition coefficient (Wildman–Crippen LogP) is 5.57. The molecule has 3 aromatic carbocycles. The first-order valence-electron chi connectivity index (χ1n) is 17.6. The molecule has 7 rings (SSSR count). The zero-order chi connectivity index (χ0) is 34.3. The van der Waals surface area contributed by atoms with Crippen LogP contribution in [0.1, 0.15) is 66.6 Å². The second-order valence-corrected chi connectivity index (χ2v) is 13.3. The molecule has 1 saturated carbocycles. The van der Waals surface area contributed by atoms with Crippen LogP contribution in [-0.4, -0.2) is 77.8 Å². The number of para-hydroxylation sites is 2. The molecule has 1 unspecified atom stereocenters. The molecule has 3 N–H and O–H groups in total. The molecule has 11 nitrogen and oxygen atoms in total. The zero-order valence-corrected chi connectivity index (χ0v) is 28.1. The monoisotopic (exact) mass is 680 g/mol. The van der Waals surface area contributed by atoms with E-state index in [1.807, 2.05) is 60.7 Å². The Balaban J connectivity index is 1.06. The lowest BCUT2D eigenvalue weighted by Crippen LogP contribution is -2.61.